The van der Waals surface area contributed by atoms with Crippen LogP contribution in [0.25, 0.3) is 0 Å². The second kappa shape index (κ2) is 11.5. The fourth-order valence-electron chi connectivity index (χ4n) is 3.86. The van der Waals surface area contributed by atoms with Gasteiger partial charge >= 0.3 is 0 Å². The Morgan fingerprint density at radius 2 is 1.92 bits per heavy atom. The molecular formula is C24H30N8O2S2. The van der Waals surface area contributed by atoms with Crippen LogP contribution in [0.2, 0.25) is 0 Å². The fraction of sp³-hybridized carbons (Fsp3) is 0.458. The van der Waals surface area contributed by atoms with Gasteiger partial charge < -0.3 is 15.3 Å². The van der Waals surface area contributed by atoms with Gasteiger partial charge in [0.05, 0.1) is 0 Å². The minimum absolute atomic E-state index is 0.0992. The second-order valence-electron chi connectivity index (χ2n) is 8.94. The molecule has 2 fully saturated rings. The molecule has 3 heterocycles. The molecule has 0 unspecified atom stereocenters. The molecule has 190 valence electrons. The van der Waals surface area contributed by atoms with E-state index in [1.54, 1.807) is 11.3 Å². The summed E-state index contributed by atoms with van der Waals surface area (Å²) in [5.74, 6) is 1.38. The molecule has 0 spiro atoms. The van der Waals surface area contributed by atoms with Crippen molar-refractivity contribution >= 4 is 51.7 Å². The Morgan fingerprint density at radius 1 is 1.14 bits per heavy atom. The van der Waals surface area contributed by atoms with Crippen molar-refractivity contribution in [3.8, 4) is 0 Å². The molecule has 0 bridgehead atoms. The molecule has 1 amide bonds. The van der Waals surface area contributed by atoms with Gasteiger partial charge in [-0.15, -0.1) is 11.3 Å². The fourth-order valence-corrected chi connectivity index (χ4v) is 5.26. The maximum Gasteiger partial charge on any atom is 0.234 e. The number of anilines is 4. The number of aliphatic hydroxyl groups excluding tert-OH is 1. The van der Waals surface area contributed by atoms with E-state index in [0.717, 1.165) is 72.6 Å². The molecule has 1 aliphatic carbocycles. The Bertz CT molecular complexity index is 1180. The normalized spacial score (nSPS) is 16.2. The van der Waals surface area contributed by atoms with E-state index in [0.29, 0.717) is 17.1 Å². The number of piperazine rings is 1. The van der Waals surface area contributed by atoms with Crippen LogP contribution in [0.15, 0.2) is 40.5 Å². The molecule has 1 saturated heterocycles. The average molecular weight is 527 g/mol. The summed E-state index contributed by atoms with van der Waals surface area (Å²) in [5, 5.41) is 16.7. The number of thiazole rings is 1. The third-order valence-electron chi connectivity index (χ3n) is 6.01. The molecule has 12 heteroatoms. The number of rotatable bonds is 10. The van der Waals surface area contributed by atoms with Crippen molar-refractivity contribution < 1.29 is 9.90 Å². The van der Waals surface area contributed by atoms with E-state index in [4.69, 9.17) is 15.1 Å². The summed E-state index contributed by atoms with van der Waals surface area (Å²) in [5.41, 5.74) is 0.799. The summed E-state index contributed by atoms with van der Waals surface area (Å²) < 4.78 is 0. The summed E-state index contributed by atoms with van der Waals surface area (Å²) in [7, 11) is 0. The largest absolute Gasteiger partial charge is 0.396 e. The van der Waals surface area contributed by atoms with Crippen LogP contribution in [-0.2, 0) is 4.79 Å². The highest BCUT2D eigenvalue weighted by molar-refractivity contribution is 7.99. The van der Waals surface area contributed by atoms with Crippen molar-refractivity contribution in [2.75, 3.05) is 54.9 Å². The van der Waals surface area contributed by atoms with Gasteiger partial charge in [0, 0.05) is 66.9 Å². The van der Waals surface area contributed by atoms with Gasteiger partial charge in [-0.25, -0.2) is 4.98 Å². The Hall–Kier alpha value is -2.80. The Balaban J connectivity index is 1.31. The molecule has 2 aliphatic rings. The second-order valence-corrected chi connectivity index (χ2v) is 11.2. The molecule has 0 atom stereocenters. The van der Waals surface area contributed by atoms with E-state index in [1.165, 1.54) is 11.8 Å². The molecule has 5 rings (SSSR count). The predicted molar refractivity (Wildman–Crippen MR) is 142 cm³/mol. The van der Waals surface area contributed by atoms with Gasteiger partial charge in [0.25, 0.3) is 0 Å². The molecule has 10 nitrogen and oxygen atoms in total. The van der Waals surface area contributed by atoms with Gasteiger partial charge in [-0.3, -0.25) is 15.0 Å². The molecule has 3 N–H and O–H groups in total. The Labute approximate surface area is 218 Å². The summed E-state index contributed by atoms with van der Waals surface area (Å²) in [6.07, 6.45) is 4.57. The van der Waals surface area contributed by atoms with E-state index < -0.39 is 0 Å². The number of aryl methyl sites for hydroxylation is 1. The highest BCUT2D eigenvalue weighted by atomic mass is 32.2. The van der Waals surface area contributed by atoms with Crippen LogP contribution in [0.1, 0.15) is 24.1 Å². The van der Waals surface area contributed by atoms with Crippen LogP contribution in [0.3, 0.4) is 0 Å². The summed E-state index contributed by atoms with van der Waals surface area (Å²) in [4.78, 5) is 37.1. The molecule has 0 radical (unpaired) electrons. The van der Waals surface area contributed by atoms with E-state index in [-0.39, 0.29) is 18.4 Å². The van der Waals surface area contributed by atoms with Gasteiger partial charge in [0.15, 0.2) is 10.3 Å². The van der Waals surface area contributed by atoms with Gasteiger partial charge in [-0.2, -0.15) is 15.0 Å². The van der Waals surface area contributed by atoms with Crippen LogP contribution in [0.4, 0.5) is 22.7 Å². The van der Waals surface area contributed by atoms with Gasteiger partial charge in [0.1, 0.15) is 0 Å². The van der Waals surface area contributed by atoms with Gasteiger partial charge in [-0.1, -0.05) is 0 Å². The number of aromatic nitrogens is 4. The highest BCUT2D eigenvalue weighted by Gasteiger charge is 2.29. The lowest BCUT2D eigenvalue weighted by Crippen LogP contribution is -2.47. The summed E-state index contributed by atoms with van der Waals surface area (Å²) in [6, 6.07) is 7.75. The van der Waals surface area contributed by atoms with Crippen molar-refractivity contribution in [2.24, 2.45) is 5.92 Å². The van der Waals surface area contributed by atoms with Crippen LogP contribution < -0.4 is 15.5 Å². The van der Waals surface area contributed by atoms with Gasteiger partial charge in [0.2, 0.25) is 17.8 Å². The van der Waals surface area contributed by atoms with E-state index >= 15 is 0 Å². The van der Waals surface area contributed by atoms with Crippen molar-refractivity contribution in [1.29, 1.82) is 0 Å². The zero-order chi connectivity index (χ0) is 24.9. The first-order valence-corrected chi connectivity index (χ1v) is 13.8. The summed E-state index contributed by atoms with van der Waals surface area (Å²) >= 11 is 3.01. The minimum atomic E-state index is 0.0992. The third kappa shape index (κ3) is 6.69. The van der Waals surface area contributed by atoms with Crippen LogP contribution in [-0.4, -0.2) is 75.2 Å². The van der Waals surface area contributed by atoms with E-state index in [2.05, 4.69) is 30.4 Å². The monoisotopic (exact) mass is 526 g/mol. The maximum absolute atomic E-state index is 12.0. The molecule has 1 aliphatic heterocycles. The first-order valence-electron chi connectivity index (χ1n) is 12.2. The first kappa shape index (κ1) is 24.9. The molecule has 2 aromatic heterocycles. The number of benzene rings is 1. The zero-order valence-corrected chi connectivity index (χ0v) is 21.8. The molecule has 1 aromatic carbocycles. The molecule has 1 saturated carbocycles. The quantitative estimate of drug-likeness (QED) is 0.363. The Morgan fingerprint density at radius 3 is 2.58 bits per heavy atom. The average Bonchev–Trinajstić information content (AvgIpc) is 3.66. The lowest BCUT2D eigenvalue weighted by molar-refractivity contribution is -0.117. The standard InChI is InChI=1S/C24H30N8O2S2/c1-16-15-25-23(35-16)28-21-27-22(32-12-10-31(11-13-32)9-2-14-33)30-24(29-21)36-19-7-5-18(6-8-19)26-20(34)17-3-4-17/h5-8,15,17,33H,2-4,9-14H2,1H3,(H,26,34)(H,25,27,28,29,30). The topological polar surface area (TPSA) is 119 Å². The first-order chi connectivity index (χ1) is 17.6. The number of amides is 1. The Kier molecular flexibility index (Phi) is 7.95. The number of hydrogen-bond acceptors (Lipinski definition) is 11. The van der Waals surface area contributed by atoms with Crippen LogP contribution >= 0.6 is 23.1 Å². The lowest BCUT2D eigenvalue weighted by Gasteiger charge is -2.34. The highest BCUT2D eigenvalue weighted by Crippen LogP contribution is 2.32. The number of aliphatic hydroxyl groups is 1. The zero-order valence-electron chi connectivity index (χ0n) is 20.2. The predicted octanol–water partition coefficient (Wildman–Crippen LogP) is 3.38. The maximum atomic E-state index is 12.0. The SMILES string of the molecule is Cc1cnc(Nc2nc(Sc3ccc(NC(=O)C4CC4)cc3)nc(N3CCN(CCCO)CC3)n2)s1. The van der Waals surface area contributed by atoms with E-state index in [9.17, 15) is 4.79 Å². The smallest absolute Gasteiger partial charge is 0.234 e. The van der Waals surface area contributed by atoms with Crippen molar-refractivity contribution in [3.63, 3.8) is 0 Å². The van der Waals surface area contributed by atoms with Gasteiger partial charge in [-0.05, 0) is 62.2 Å². The molecular weight excluding hydrogens is 496 g/mol. The van der Waals surface area contributed by atoms with Crippen molar-refractivity contribution in [1.82, 2.24) is 24.8 Å². The lowest BCUT2D eigenvalue weighted by atomic mass is 10.3. The number of carbonyl (C=O) groups is 1. The number of hydrogen-bond donors (Lipinski definition) is 3. The van der Waals surface area contributed by atoms with Crippen LogP contribution in [0, 0.1) is 12.8 Å². The minimum Gasteiger partial charge on any atom is -0.396 e. The number of carbonyl (C=O) groups excluding carboxylic acids is 1. The third-order valence-corrected chi connectivity index (χ3v) is 7.71. The number of nitrogens with one attached hydrogen (secondary N) is 2. The summed E-state index contributed by atoms with van der Waals surface area (Å²) in [6.45, 7) is 6.54. The van der Waals surface area contributed by atoms with Crippen LogP contribution in [0.5, 0.6) is 0 Å². The van der Waals surface area contributed by atoms with Crippen molar-refractivity contribution in [2.45, 2.75) is 36.2 Å². The van der Waals surface area contributed by atoms with E-state index in [1.807, 2.05) is 37.4 Å². The van der Waals surface area contributed by atoms with Crippen molar-refractivity contribution in [3.05, 3.63) is 35.3 Å². The molecule has 36 heavy (non-hydrogen) atoms. The molecule has 3 aromatic rings. The number of nitrogens with zero attached hydrogens (tertiary/aromatic N) is 6.